The van der Waals surface area contributed by atoms with Gasteiger partial charge in [0.25, 0.3) is 0 Å². The maximum Gasteiger partial charge on any atom is 0.127 e. The third-order valence-electron chi connectivity index (χ3n) is 4.67. The number of hydrogen-bond acceptors (Lipinski definition) is 2. The molecule has 3 aromatic rings. The number of aromatic nitrogens is 1. The first-order valence-corrected chi connectivity index (χ1v) is 9.51. The van der Waals surface area contributed by atoms with Crippen LogP contribution in [-0.4, -0.2) is 4.98 Å². The zero-order valence-electron chi connectivity index (χ0n) is 14.8. The molecule has 0 aliphatic heterocycles. The van der Waals surface area contributed by atoms with Crippen LogP contribution < -0.4 is 5.73 Å². The Kier molecular flexibility index (Phi) is 5.93. The topological polar surface area (TPSA) is 38.9 Å². The summed E-state index contributed by atoms with van der Waals surface area (Å²) in [6.07, 6.45) is 7.16. The van der Waals surface area contributed by atoms with Crippen LogP contribution in [-0.2, 0) is 6.42 Å². The lowest BCUT2D eigenvalue weighted by molar-refractivity contribution is 0.632. The molecule has 2 aromatic carbocycles. The third kappa shape index (κ3) is 4.13. The minimum absolute atomic E-state index is 0.643. The first kappa shape index (κ1) is 17.8. The van der Waals surface area contributed by atoms with E-state index in [-0.39, 0.29) is 0 Å². The summed E-state index contributed by atoms with van der Waals surface area (Å²) in [6.45, 7) is 2.24. The summed E-state index contributed by atoms with van der Waals surface area (Å²) in [4.78, 5) is 4.64. The first-order valence-electron chi connectivity index (χ1n) is 9.13. The zero-order chi connectivity index (χ0) is 17.6. The molecule has 2 nitrogen and oxygen atoms in total. The molecule has 0 spiro atoms. The van der Waals surface area contributed by atoms with Crippen molar-refractivity contribution in [1.82, 2.24) is 4.98 Å². The second kappa shape index (κ2) is 8.35. The van der Waals surface area contributed by atoms with Crippen molar-refractivity contribution in [3.8, 4) is 11.1 Å². The van der Waals surface area contributed by atoms with Crippen molar-refractivity contribution in [2.24, 2.45) is 0 Å². The smallest absolute Gasteiger partial charge is 0.127 e. The highest BCUT2D eigenvalue weighted by Gasteiger charge is 2.15. The van der Waals surface area contributed by atoms with Crippen LogP contribution in [0.3, 0.4) is 0 Å². The van der Waals surface area contributed by atoms with Gasteiger partial charge >= 0.3 is 0 Å². The Morgan fingerprint density at radius 3 is 2.48 bits per heavy atom. The summed E-state index contributed by atoms with van der Waals surface area (Å²) < 4.78 is 0. The molecule has 0 atom stereocenters. The van der Waals surface area contributed by atoms with E-state index in [1.54, 1.807) is 0 Å². The van der Waals surface area contributed by atoms with Gasteiger partial charge < -0.3 is 5.73 Å². The molecule has 2 N–H and O–H groups in total. The van der Waals surface area contributed by atoms with Crippen molar-refractivity contribution in [3.63, 3.8) is 0 Å². The fourth-order valence-corrected chi connectivity index (χ4v) is 3.56. The van der Waals surface area contributed by atoms with Gasteiger partial charge in [0.2, 0.25) is 0 Å². The number of fused-ring (bicyclic) bond motifs is 1. The Morgan fingerprint density at radius 1 is 0.960 bits per heavy atom. The highest BCUT2D eigenvalue weighted by Crippen LogP contribution is 2.36. The van der Waals surface area contributed by atoms with Crippen LogP contribution in [0.25, 0.3) is 22.0 Å². The number of benzene rings is 2. The molecule has 25 heavy (non-hydrogen) atoms. The third-order valence-corrected chi connectivity index (χ3v) is 4.91. The number of rotatable bonds is 7. The first-order chi connectivity index (χ1) is 12.2. The van der Waals surface area contributed by atoms with Crippen molar-refractivity contribution in [3.05, 3.63) is 59.1 Å². The molecule has 1 aromatic heterocycles. The van der Waals surface area contributed by atoms with E-state index in [2.05, 4.69) is 36.2 Å². The summed E-state index contributed by atoms with van der Waals surface area (Å²) in [5.74, 6) is 0.643. The summed E-state index contributed by atoms with van der Waals surface area (Å²) in [5.41, 5.74) is 10.8. The molecule has 0 bridgehead atoms. The Bertz CT molecular complexity index is 844. The lowest BCUT2D eigenvalue weighted by atomic mass is 9.92. The fraction of sp³-hybridized carbons (Fsp3) is 0.318. The molecule has 0 fully saturated rings. The summed E-state index contributed by atoms with van der Waals surface area (Å²) in [6, 6.07) is 16.3. The molecule has 1 heterocycles. The molecule has 0 amide bonds. The molecule has 0 unspecified atom stereocenters. The average Bonchev–Trinajstić information content (AvgIpc) is 2.63. The molecule has 0 aliphatic rings. The van der Waals surface area contributed by atoms with E-state index in [1.165, 1.54) is 36.8 Å². The molecule has 0 saturated carbocycles. The molecule has 0 saturated heterocycles. The van der Waals surface area contributed by atoms with Crippen LogP contribution in [0.5, 0.6) is 0 Å². The van der Waals surface area contributed by atoms with Crippen LogP contribution in [0.15, 0.2) is 48.5 Å². The normalized spacial score (nSPS) is 11.1. The number of nitrogen functional groups attached to an aromatic ring is 1. The Hall–Kier alpha value is -2.06. The van der Waals surface area contributed by atoms with Gasteiger partial charge in [0.1, 0.15) is 5.82 Å². The standard InChI is InChI=1S/C22H25ClN2/c1-2-3-4-5-9-12-18-21(16-10-7-6-8-11-16)19-15-17(23)13-14-20(19)25-22(18)24/h6-8,10-11,13-15H,2-5,9,12H2,1H3,(H2,24,25). The highest BCUT2D eigenvalue weighted by atomic mass is 35.5. The van der Waals surface area contributed by atoms with Gasteiger partial charge in [-0.05, 0) is 42.2 Å². The lowest BCUT2D eigenvalue weighted by Gasteiger charge is -2.16. The number of pyridine rings is 1. The Labute approximate surface area is 155 Å². The maximum atomic E-state index is 6.36. The predicted molar refractivity (Wildman–Crippen MR) is 109 cm³/mol. The average molecular weight is 353 g/mol. The van der Waals surface area contributed by atoms with Gasteiger partial charge in [-0.15, -0.1) is 0 Å². The molecule has 130 valence electrons. The number of nitrogens with two attached hydrogens (primary N) is 1. The minimum Gasteiger partial charge on any atom is -0.383 e. The molecular weight excluding hydrogens is 328 g/mol. The molecule has 0 aliphatic carbocycles. The van der Waals surface area contributed by atoms with E-state index in [9.17, 15) is 0 Å². The van der Waals surface area contributed by atoms with E-state index in [0.29, 0.717) is 5.82 Å². The van der Waals surface area contributed by atoms with Gasteiger partial charge in [0, 0.05) is 16.0 Å². The summed E-state index contributed by atoms with van der Waals surface area (Å²) >= 11 is 6.27. The van der Waals surface area contributed by atoms with Crippen LogP contribution >= 0.6 is 11.6 Å². The Morgan fingerprint density at radius 2 is 1.72 bits per heavy atom. The zero-order valence-corrected chi connectivity index (χ0v) is 15.5. The number of anilines is 1. The Balaban J connectivity index is 2.06. The summed E-state index contributed by atoms with van der Waals surface area (Å²) in [7, 11) is 0. The molecule has 3 rings (SSSR count). The molecule has 3 heteroatoms. The summed E-state index contributed by atoms with van der Waals surface area (Å²) in [5, 5.41) is 1.81. The van der Waals surface area contributed by atoms with Gasteiger partial charge in [-0.2, -0.15) is 0 Å². The van der Waals surface area contributed by atoms with E-state index in [1.807, 2.05) is 24.3 Å². The van der Waals surface area contributed by atoms with E-state index >= 15 is 0 Å². The van der Waals surface area contributed by atoms with Crippen molar-refractivity contribution in [2.45, 2.75) is 45.4 Å². The van der Waals surface area contributed by atoms with E-state index in [0.717, 1.165) is 34.3 Å². The SMILES string of the molecule is CCCCCCCc1c(N)nc2ccc(Cl)cc2c1-c1ccccc1. The van der Waals surface area contributed by atoms with Crippen molar-refractivity contribution >= 4 is 28.3 Å². The van der Waals surface area contributed by atoms with E-state index < -0.39 is 0 Å². The second-order valence-electron chi connectivity index (χ2n) is 6.54. The van der Waals surface area contributed by atoms with Crippen LogP contribution in [0.1, 0.15) is 44.6 Å². The quantitative estimate of drug-likeness (QED) is 0.483. The largest absolute Gasteiger partial charge is 0.383 e. The number of unbranched alkanes of at least 4 members (excludes halogenated alkanes) is 4. The van der Waals surface area contributed by atoms with Crippen LogP contribution in [0.2, 0.25) is 5.02 Å². The van der Waals surface area contributed by atoms with Crippen LogP contribution in [0.4, 0.5) is 5.82 Å². The second-order valence-corrected chi connectivity index (χ2v) is 6.98. The fourth-order valence-electron chi connectivity index (χ4n) is 3.39. The lowest BCUT2D eigenvalue weighted by Crippen LogP contribution is -2.02. The molecular formula is C22H25ClN2. The van der Waals surface area contributed by atoms with Gasteiger partial charge in [-0.25, -0.2) is 4.98 Å². The minimum atomic E-state index is 0.643. The monoisotopic (exact) mass is 352 g/mol. The number of nitrogens with zero attached hydrogens (tertiary/aromatic N) is 1. The molecule has 0 radical (unpaired) electrons. The van der Waals surface area contributed by atoms with Gasteiger partial charge in [-0.3, -0.25) is 0 Å². The number of halogens is 1. The highest BCUT2D eigenvalue weighted by molar-refractivity contribution is 6.31. The maximum absolute atomic E-state index is 6.36. The van der Waals surface area contributed by atoms with Crippen molar-refractivity contribution in [2.75, 3.05) is 5.73 Å². The van der Waals surface area contributed by atoms with Gasteiger partial charge in [-0.1, -0.05) is 74.5 Å². The van der Waals surface area contributed by atoms with E-state index in [4.69, 9.17) is 17.3 Å². The van der Waals surface area contributed by atoms with Crippen molar-refractivity contribution < 1.29 is 0 Å². The predicted octanol–water partition coefficient (Wildman–Crippen LogP) is 6.65. The number of hydrogen-bond donors (Lipinski definition) is 1. The van der Waals surface area contributed by atoms with Gasteiger partial charge in [0.05, 0.1) is 5.52 Å². The van der Waals surface area contributed by atoms with Crippen molar-refractivity contribution in [1.29, 1.82) is 0 Å². The van der Waals surface area contributed by atoms with Crippen LogP contribution in [0, 0.1) is 0 Å². The van der Waals surface area contributed by atoms with Gasteiger partial charge in [0.15, 0.2) is 0 Å².